The molecule has 0 bridgehead atoms. The Bertz CT molecular complexity index is 500. The predicted molar refractivity (Wildman–Crippen MR) is 81.8 cm³/mol. The summed E-state index contributed by atoms with van der Waals surface area (Å²) in [5.74, 6) is -0.133. The van der Waals surface area contributed by atoms with E-state index >= 15 is 0 Å². The minimum Gasteiger partial charge on any atom is -0.376 e. The first-order chi connectivity index (χ1) is 10.7. The van der Waals surface area contributed by atoms with E-state index in [-0.39, 0.29) is 23.9 Å². The van der Waals surface area contributed by atoms with Crippen molar-refractivity contribution in [3.63, 3.8) is 0 Å². The number of nitrogens with one attached hydrogen (secondary N) is 1. The van der Waals surface area contributed by atoms with Crippen molar-refractivity contribution in [2.24, 2.45) is 0 Å². The molecule has 2 fully saturated rings. The molecule has 1 aromatic rings. The summed E-state index contributed by atoms with van der Waals surface area (Å²) in [6.07, 6.45) is 4.21. The zero-order chi connectivity index (χ0) is 15.4. The second kappa shape index (κ2) is 7.20. The molecule has 2 aliphatic rings. The fourth-order valence-corrected chi connectivity index (χ4v) is 3.27. The van der Waals surface area contributed by atoms with Crippen molar-refractivity contribution in [3.8, 4) is 0 Å². The summed E-state index contributed by atoms with van der Waals surface area (Å²) in [6, 6.07) is 6.44. The summed E-state index contributed by atoms with van der Waals surface area (Å²) in [5, 5.41) is 3.03. The Morgan fingerprint density at radius 3 is 2.82 bits per heavy atom. The van der Waals surface area contributed by atoms with Crippen LogP contribution in [0.15, 0.2) is 24.3 Å². The number of rotatable bonds is 5. The fourth-order valence-electron chi connectivity index (χ4n) is 3.27. The monoisotopic (exact) mass is 306 g/mol. The van der Waals surface area contributed by atoms with Gasteiger partial charge in [0, 0.05) is 19.7 Å². The molecule has 2 aliphatic heterocycles. The van der Waals surface area contributed by atoms with Crippen molar-refractivity contribution in [3.05, 3.63) is 35.6 Å². The lowest BCUT2D eigenvalue weighted by Gasteiger charge is -2.24. The second-order valence-corrected chi connectivity index (χ2v) is 6.14. The van der Waals surface area contributed by atoms with Crippen LogP contribution in [0.25, 0.3) is 0 Å². The standard InChI is InChI=1S/C17H23FN2O2/c18-14-7-5-13(6-8-14)12-20-9-1-4-16(20)17(21)19-11-15-3-2-10-22-15/h5-8,15-16H,1-4,9-12H2,(H,19,21)/t15-,16+/m1/s1. The van der Waals surface area contributed by atoms with E-state index in [1.54, 1.807) is 12.1 Å². The van der Waals surface area contributed by atoms with Gasteiger partial charge in [-0.05, 0) is 49.9 Å². The third kappa shape index (κ3) is 3.84. The number of hydrogen-bond donors (Lipinski definition) is 1. The molecule has 2 atom stereocenters. The van der Waals surface area contributed by atoms with Gasteiger partial charge < -0.3 is 10.1 Å². The van der Waals surface area contributed by atoms with Crippen molar-refractivity contribution in [1.82, 2.24) is 10.2 Å². The number of hydrogen-bond acceptors (Lipinski definition) is 3. The predicted octanol–water partition coefficient (Wildman–Crippen LogP) is 2.09. The van der Waals surface area contributed by atoms with Crippen LogP contribution in [0.3, 0.4) is 0 Å². The van der Waals surface area contributed by atoms with Gasteiger partial charge in [-0.2, -0.15) is 0 Å². The number of carbonyl (C=O) groups is 1. The number of halogens is 1. The van der Waals surface area contributed by atoms with Gasteiger partial charge in [-0.3, -0.25) is 9.69 Å². The number of amides is 1. The highest BCUT2D eigenvalue weighted by molar-refractivity contribution is 5.82. The number of carbonyl (C=O) groups excluding carboxylic acids is 1. The Labute approximate surface area is 130 Å². The van der Waals surface area contributed by atoms with E-state index in [0.717, 1.165) is 44.4 Å². The Balaban J connectivity index is 1.52. The number of ether oxygens (including phenoxy) is 1. The van der Waals surface area contributed by atoms with E-state index in [1.807, 2.05) is 0 Å². The van der Waals surface area contributed by atoms with Crippen LogP contribution in [0.1, 0.15) is 31.2 Å². The smallest absolute Gasteiger partial charge is 0.237 e. The third-order valence-corrected chi connectivity index (χ3v) is 4.49. The number of nitrogens with zero attached hydrogens (tertiary/aromatic N) is 1. The maximum atomic E-state index is 13.0. The average Bonchev–Trinajstić information content (AvgIpc) is 3.18. The summed E-state index contributed by atoms with van der Waals surface area (Å²) in [5.41, 5.74) is 1.04. The highest BCUT2D eigenvalue weighted by Gasteiger charge is 2.31. The molecule has 4 nitrogen and oxygen atoms in total. The van der Waals surface area contributed by atoms with Crippen LogP contribution in [0.2, 0.25) is 0 Å². The van der Waals surface area contributed by atoms with Crippen LogP contribution in [0.4, 0.5) is 4.39 Å². The summed E-state index contributed by atoms with van der Waals surface area (Å²) in [6.45, 7) is 3.02. The van der Waals surface area contributed by atoms with Gasteiger partial charge in [0.05, 0.1) is 12.1 Å². The van der Waals surface area contributed by atoms with Gasteiger partial charge in [-0.15, -0.1) is 0 Å². The molecule has 5 heteroatoms. The largest absolute Gasteiger partial charge is 0.376 e. The van der Waals surface area contributed by atoms with Crippen molar-refractivity contribution < 1.29 is 13.9 Å². The first-order valence-corrected chi connectivity index (χ1v) is 8.10. The molecule has 1 amide bonds. The molecule has 0 spiro atoms. The maximum Gasteiger partial charge on any atom is 0.237 e. The van der Waals surface area contributed by atoms with Crippen LogP contribution in [-0.2, 0) is 16.1 Å². The average molecular weight is 306 g/mol. The first kappa shape index (κ1) is 15.4. The molecule has 0 unspecified atom stereocenters. The second-order valence-electron chi connectivity index (χ2n) is 6.14. The van der Waals surface area contributed by atoms with Crippen LogP contribution < -0.4 is 5.32 Å². The lowest BCUT2D eigenvalue weighted by atomic mass is 10.1. The van der Waals surface area contributed by atoms with E-state index in [0.29, 0.717) is 13.1 Å². The molecular weight excluding hydrogens is 283 g/mol. The van der Waals surface area contributed by atoms with Crippen molar-refractivity contribution in [1.29, 1.82) is 0 Å². The van der Waals surface area contributed by atoms with E-state index in [1.165, 1.54) is 12.1 Å². The molecule has 1 N–H and O–H groups in total. The van der Waals surface area contributed by atoms with Gasteiger partial charge in [0.15, 0.2) is 0 Å². The minimum absolute atomic E-state index is 0.0774. The molecule has 2 heterocycles. The SMILES string of the molecule is O=C(NC[C@H]1CCCO1)[C@@H]1CCCN1Cc1ccc(F)cc1. The number of likely N-dealkylation sites (tertiary alicyclic amines) is 1. The fraction of sp³-hybridized carbons (Fsp3) is 0.588. The molecule has 2 saturated heterocycles. The summed E-state index contributed by atoms with van der Waals surface area (Å²) >= 11 is 0. The third-order valence-electron chi connectivity index (χ3n) is 4.49. The highest BCUT2D eigenvalue weighted by Crippen LogP contribution is 2.20. The summed E-state index contributed by atoms with van der Waals surface area (Å²) in [4.78, 5) is 14.6. The van der Waals surface area contributed by atoms with Crippen LogP contribution in [-0.4, -0.2) is 42.6 Å². The summed E-state index contributed by atoms with van der Waals surface area (Å²) < 4.78 is 18.5. The Morgan fingerprint density at radius 1 is 1.27 bits per heavy atom. The molecule has 0 aliphatic carbocycles. The zero-order valence-electron chi connectivity index (χ0n) is 12.8. The molecule has 120 valence electrons. The van der Waals surface area contributed by atoms with Gasteiger partial charge in [-0.25, -0.2) is 4.39 Å². The molecule has 3 rings (SSSR count). The van der Waals surface area contributed by atoms with Crippen molar-refractivity contribution in [2.45, 2.75) is 44.4 Å². The van der Waals surface area contributed by atoms with Crippen LogP contribution in [0, 0.1) is 5.82 Å². The minimum atomic E-state index is -0.226. The quantitative estimate of drug-likeness (QED) is 0.905. The van der Waals surface area contributed by atoms with Gasteiger partial charge in [0.25, 0.3) is 0 Å². The lowest BCUT2D eigenvalue weighted by Crippen LogP contribution is -2.45. The number of benzene rings is 1. The molecule has 0 saturated carbocycles. The van der Waals surface area contributed by atoms with E-state index in [4.69, 9.17) is 4.74 Å². The van der Waals surface area contributed by atoms with Crippen LogP contribution >= 0.6 is 0 Å². The first-order valence-electron chi connectivity index (χ1n) is 8.10. The Kier molecular flexibility index (Phi) is 5.05. The molecule has 0 radical (unpaired) electrons. The molecular formula is C17H23FN2O2. The summed E-state index contributed by atoms with van der Waals surface area (Å²) in [7, 11) is 0. The van der Waals surface area contributed by atoms with Gasteiger partial charge in [-0.1, -0.05) is 12.1 Å². The Morgan fingerprint density at radius 2 is 2.09 bits per heavy atom. The van der Waals surface area contributed by atoms with Gasteiger partial charge >= 0.3 is 0 Å². The molecule has 22 heavy (non-hydrogen) atoms. The van der Waals surface area contributed by atoms with E-state index < -0.39 is 0 Å². The highest BCUT2D eigenvalue weighted by atomic mass is 19.1. The maximum absolute atomic E-state index is 13.0. The normalized spacial score (nSPS) is 25.5. The topological polar surface area (TPSA) is 41.6 Å². The van der Waals surface area contributed by atoms with Gasteiger partial charge in [0.1, 0.15) is 5.82 Å². The van der Waals surface area contributed by atoms with E-state index in [2.05, 4.69) is 10.2 Å². The molecule has 1 aromatic carbocycles. The van der Waals surface area contributed by atoms with Crippen molar-refractivity contribution >= 4 is 5.91 Å². The zero-order valence-corrected chi connectivity index (χ0v) is 12.8. The van der Waals surface area contributed by atoms with Crippen LogP contribution in [0.5, 0.6) is 0 Å². The lowest BCUT2D eigenvalue weighted by molar-refractivity contribution is -0.126. The Hall–Kier alpha value is -1.46. The van der Waals surface area contributed by atoms with Crippen molar-refractivity contribution in [2.75, 3.05) is 19.7 Å². The molecule has 0 aromatic heterocycles. The van der Waals surface area contributed by atoms with E-state index in [9.17, 15) is 9.18 Å². The van der Waals surface area contributed by atoms with Gasteiger partial charge in [0.2, 0.25) is 5.91 Å².